The van der Waals surface area contributed by atoms with Gasteiger partial charge in [-0.1, -0.05) is 11.6 Å². The highest BCUT2D eigenvalue weighted by atomic mass is 35.5. The van der Waals surface area contributed by atoms with Crippen LogP contribution in [0.3, 0.4) is 0 Å². The summed E-state index contributed by atoms with van der Waals surface area (Å²) in [7, 11) is -2.23. The summed E-state index contributed by atoms with van der Waals surface area (Å²) in [5.41, 5.74) is 0.438. The van der Waals surface area contributed by atoms with Gasteiger partial charge in [0.05, 0.1) is 29.0 Å². The standard InChI is InChI=1S/C22H23ClN2O7S/c1-25-18-8-5-15(11-21(26)27)32-20(18)12-31-19-9-4-14(10-17(19)22(25)28)24-33(29,30)16-6-2-13(23)3-7-16/h2-4,6-7,9-10,15,18,20,24H,5,8,11-12H2,1H3,(H,26,27)/t15-,18+,20-/m0/s1. The second-order valence-corrected chi connectivity index (χ2v) is 10.2. The van der Waals surface area contributed by atoms with E-state index >= 15 is 0 Å². The Balaban J connectivity index is 1.57. The normalized spacial score (nSPS) is 22.9. The third-order valence-corrected chi connectivity index (χ3v) is 7.44. The Morgan fingerprint density at radius 1 is 1.21 bits per heavy atom. The first-order valence-electron chi connectivity index (χ1n) is 10.3. The molecule has 4 rings (SSSR count). The summed E-state index contributed by atoms with van der Waals surface area (Å²) in [5, 5.41) is 9.46. The largest absolute Gasteiger partial charge is 0.490 e. The molecule has 3 atom stereocenters. The van der Waals surface area contributed by atoms with Crippen molar-refractivity contribution in [2.45, 2.75) is 42.4 Å². The number of carbonyl (C=O) groups is 2. The second kappa shape index (κ2) is 9.20. The molecule has 2 aliphatic rings. The molecule has 2 aromatic carbocycles. The van der Waals surface area contributed by atoms with Crippen molar-refractivity contribution >= 4 is 39.2 Å². The Bertz CT molecular complexity index is 1170. The quantitative estimate of drug-likeness (QED) is 0.655. The number of amides is 1. The number of halogens is 1. The molecule has 9 nitrogen and oxygen atoms in total. The molecular weight excluding hydrogens is 472 g/mol. The predicted molar refractivity (Wildman–Crippen MR) is 120 cm³/mol. The average Bonchev–Trinajstić information content (AvgIpc) is 2.76. The summed E-state index contributed by atoms with van der Waals surface area (Å²) in [6.45, 7) is 0.140. The van der Waals surface area contributed by atoms with Gasteiger partial charge < -0.3 is 19.5 Å². The Morgan fingerprint density at radius 2 is 1.94 bits per heavy atom. The van der Waals surface area contributed by atoms with Crippen LogP contribution >= 0.6 is 11.6 Å². The number of hydrogen-bond acceptors (Lipinski definition) is 6. The van der Waals surface area contributed by atoms with Gasteiger partial charge in [0.15, 0.2) is 0 Å². The number of nitrogens with one attached hydrogen (secondary N) is 1. The number of sulfonamides is 1. The number of hydrogen-bond donors (Lipinski definition) is 2. The number of likely N-dealkylation sites (N-methyl/N-ethyl adjacent to an activating group) is 1. The van der Waals surface area contributed by atoms with Gasteiger partial charge in [0, 0.05) is 17.8 Å². The van der Waals surface area contributed by atoms with E-state index in [1.807, 2.05) is 0 Å². The minimum atomic E-state index is -3.88. The van der Waals surface area contributed by atoms with Gasteiger partial charge in [-0.25, -0.2) is 8.42 Å². The van der Waals surface area contributed by atoms with E-state index in [-0.39, 0.29) is 41.1 Å². The van der Waals surface area contributed by atoms with Crippen molar-refractivity contribution < 1.29 is 32.6 Å². The number of carboxylic acid groups (broad SMARTS) is 1. The molecule has 2 aliphatic heterocycles. The molecule has 1 saturated heterocycles. The van der Waals surface area contributed by atoms with Gasteiger partial charge in [0.2, 0.25) is 0 Å². The van der Waals surface area contributed by atoms with Gasteiger partial charge in [-0.2, -0.15) is 0 Å². The molecule has 0 unspecified atom stereocenters. The van der Waals surface area contributed by atoms with Gasteiger partial charge >= 0.3 is 5.97 Å². The van der Waals surface area contributed by atoms with E-state index in [1.54, 1.807) is 11.9 Å². The van der Waals surface area contributed by atoms with Crippen LogP contribution < -0.4 is 9.46 Å². The molecule has 176 valence electrons. The Morgan fingerprint density at radius 3 is 2.64 bits per heavy atom. The monoisotopic (exact) mass is 494 g/mol. The first kappa shape index (κ1) is 23.3. The minimum absolute atomic E-state index is 0.0384. The summed E-state index contributed by atoms with van der Waals surface area (Å²) >= 11 is 5.83. The van der Waals surface area contributed by atoms with Crippen LogP contribution in [0.5, 0.6) is 5.75 Å². The first-order chi connectivity index (χ1) is 15.6. The Kier molecular flexibility index (Phi) is 6.51. The topological polar surface area (TPSA) is 122 Å². The minimum Gasteiger partial charge on any atom is -0.490 e. The number of carboxylic acids is 1. The zero-order valence-corrected chi connectivity index (χ0v) is 19.3. The van der Waals surface area contributed by atoms with Crippen LogP contribution in [0.2, 0.25) is 5.02 Å². The molecule has 0 saturated carbocycles. The van der Waals surface area contributed by atoms with Crippen molar-refractivity contribution in [3.05, 3.63) is 53.1 Å². The second-order valence-electron chi connectivity index (χ2n) is 8.04. The Labute approximate surface area is 196 Å². The molecule has 33 heavy (non-hydrogen) atoms. The van der Waals surface area contributed by atoms with E-state index in [1.165, 1.54) is 42.5 Å². The van der Waals surface area contributed by atoms with Crippen molar-refractivity contribution in [3.63, 3.8) is 0 Å². The lowest BCUT2D eigenvalue weighted by Gasteiger charge is -2.42. The maximum Gasteiger partial charge on any atom is 0.305 e. The van der Waals surface area contributed by atoms with E-state index in [4.69, 9.17) is 26.2 Å². The fourth-order valence-corrected chi connectivity index (χ4v) is 5.29. The maximum atomic E-state index is 13.2. The number of benzene rings is 2. The molecule has 1 amide bonds. The van der Waals surface area contributed by atoms with E-state index < -0.39 is 28.2 Å². The molecule has 0 bridgehead atoms. The van der Waals surface area contributed by atoms with E-state index in [2.05, 4.69) is 4.72 Å². The molecule has 1 fully saturated rings. The number of ether oxygens (including phenoxy) is 2. The van der Waals surface area contributed by atoms with E-state index in [0.717, 1.165) is 0 Å². The number of nitrogens with zero attached hydrogens (tertiary/aromatic N) is 1. The average molecular weight is 495 g/mol. The molecule has 0 aromatic heterocycles. The molecule has 0 radical (unpaired) electrons. The molecule has 2 aromatic rings. The van der Waals surface area contributed by atoms with Gasteiger partial charge in [-0.15, -0.1) is 0 Å². The number of aliphatic carboxylic acids is 1. The molecular formula is C22H23ClN2O7S. The van der Waals surface area contributed by atoms with Crippen LogP contribution in [0.15, 0.2) is 47.4 Å². The summed E-state index contributed by atoms with van der Waals surface area (Å²) < 4.78 is 39.6. The summed E-state index contributed by atoms with van der Waals surface area (Å²) in [5.74, 6) is -0.982. The van der Waals surface area contributed by atoms with E-state index in [9.17, 15) is 18.0 Å². The molecule has 2 N–H and O–H groups in total. The summed E-state index contributed by atoms with van der Waals surface area (Å²) in [4.78, 5) is 25.9. The zero-order chi connectivity index (χ0) is 23.8. The van der Waals surface area contributed by atoms with Crippen molar-refractivity contribution in [1.29, 1.82) is 0 Å². The molecule has 0 aliphatic carbocycles. The van der Waals surface area contributed by atoms with Gasteiger partial charge in [0.25, 0.3) is 15.9 Å². The SMILES string of the molecule is CN1C(=O)c2cc(NS(=O)(=O)c3ccc(Cl)cc3)ccc2OC[C@@H]2O[C@H](CC(=O)O)CC[C@H]21. The first-order valence-corrected chi connectivity index (χ1v) is 12.2. The van der Waals surface area contributed by atoms with Crippen molar-refractivity contribution in [2.75, 3.05) is 18.4 Å². The van der Waals surface area contributed by atoms with Crippen molar-refractivity contribution in [3.8, 4) is 5.75 Å². The fourth-order valence-electron chi connectivity index (χ4n) is 4.11. The van der Waals surface area contributed by atoms with Crippen LogP contribution in [-0.4, -0.2) is 62.2 Å². The van der Waals surface area contributed by atoms with Crippen LogP contribution in [-0.2, 0) is 19.6 Å². The van der Waals surface area contributed by atoms with Crippen LogP contribution in [0.1, 0.15) is 29.6 Å². The molecule has 11 heteroatoms. The van der Waals surface area contributed by atoms with Crippen molar-refractivity contribution in [1.82, 2.24) is 4.90 Å². The van der Waals surface area contributed by atoms with Gasteiger partial charge in [0.1, 0.15) is 18.5 Å². The fraction of sp³-hybridized carbons (Fsp3) is 0.364. The lowest BCUT2D eigenvalue weighted by Crippen LogP contribution is -2.53. The lowest BCUT2D eigenvalue weighted by atomic mass is 9.95. The van der Waals surface area contributed by atoms with Crippen LogP contribution in [0, 0.1) is 0 Å². The van der Waals surface area contributed by atoms with Crippen LogP contribution in [0.25, 0.3) is 0 Å². The third-order valence-electron chi connectivity index (χ3n) is 5.79. The summed E-state index contributed by atoms with van der Waals surface area (Å²) in [6.07, 6.45) is 0.0903. The number of fused-ring (bicyclic) bond motifs is 2. The van der Waals surface area contributed by atoms with E-state index in [0.29, 0.717) is 23.6 Å². The highest BCUT2D eigenvalue weighted by Crippen LogP contribution is 2.33. The molecule has 0 spiro atoms. The van der Waals surface area contributed by atoms with Gasteiger partial charge in [-0.05, 0) is 55.3 Å². The maximum absolute atomic E-state index is 13.2. The zero-order valence-electron chi connectivity index (χ0n) is 17.7. The number of carbonyl (C=O) groups excluding carboxylic acids is 1. The summed E-state index contributed by atoms with van der Waals surface area (Å²) in [6, 6.07) is 9.93. The number of anilines is 1. The predicted octanol–water partition coefficient (Wildman–Crippen LogP) is 3.00. The lowest BCUT2D eigenvalue weighted by molar-refractivity contribution is -0.148. The highest BCUT2D eigenvalue weighted by Gasteiger charge is 2.39. The highest BCUT2D eigenvalue weighted by molar-refractivity contribution is 7.92. The smallest absolute Gasteiger partial charge is 0.305 e. The molecule has 2 heterocycles. The number of rotatable bonds is 5. The Hall–Kier alpha value is -2.82. The van der Waals surface area contributed by atoms with Gasteiger partial charge in [-0.3, -0.25) is 14.3 Å². The third kappa shape index (κ3) is 5.07. The van der Waals surface area contributed by atoms with Crippen molar-refractivity contribution in [2.24, 2.45) is 0 Å². The van der Waals surface area contributed by atoms with Crippen LogP contribution in [0.4, 0.5) is 5.69 Å².